The van der Waals surface area contributed by atoms with Crippen molar-refractivity contribution in [2.75, 3.05) is 19.4 Å². The molecule has 8 heteroatoms. The van der Waals surface area contributed by atoms with E-state index < -0.39 is 0 Å². The van der Waals surface area contributed by atoms with Crippen LogP contribution in [0.5, 0.6) is 5.75 Å². The second kappa shape index (κ2) is 10.8. The normalized spacial score (nSPS) is 10.6. The number of amides is 1. The Balaban J connectivity index is 1.57. The van der Waals surface area contributed by atoms with Gasteiger partial charge in [0.05, 0.1) is 12.9 Å². The Kier molecular flexibility index (Phi) is 7.93. The molecule has 0 saturated carbocycles. The van der Waals surface area contributed by atoms with Crippen molar-refractivity contribution in [1.29, 1.82) is 0 Å². The lowest BCUT2D eigenvalue weighted by molar-refractivity contribution is -0.118. The van der Waals surface area contributed by atoms with Gasteiger partial charge < -0.3 is 10.1 Å². The molecule has 30 heavy (non-hydrogen) atoms. The number of hydrogen-bond donors (Lipinski definition) is 1. The predicted molar refractivity (Wildman–Crippen MR) is 121 cm³/mol. The van der Waals surface area contributed by atoms with Gasteiger partial charge in [0.1, 0.15) is 5.75 Å². The molecule has 3 rings (SSSR count). The van der Waals surface area contributed by atoms with E-state index in [4.69, 9.17) is 16.3 Å². The van der Waals surface area contributed by atoms with Crippen LogP contribution in [0.15, 0.2) is 66.3 Å². The van der Waals surface area contributed by atoms with Gasteiger partial charge in [0.2, 0.25) is 5.91 Å². The number of carbonyl (C=O) groups excluding carboxylic acids is 1. The summed E-state index contributed by atoms with van der Waals surface area (Å²) in [7, 11) is 1.63. The van der Waals surface area contributed by atoms with Crippen LogP contribution >= 0.6 is 23.4 Å². The maximum Gasteiger partial charge on any atom is 0.230 e. The fourth-order valence-electron chi connectivity index (χ4n) is 2.82. The molecule has 156 valence electrons. The average Bonchev–Trinajstić information content (AvgIpc) is 3.16. The van der Waals surface area contributed by atoms with E-state index in [2.05, 4.69) is 22.1 Å². The van der Waals surface area contributed by atoms with Gasteiger partial charge in [-0.3, -0.25) is 9.36 Å². The van der Waals surface area contributed by atoms with Crippen LogP contribution in [0.4, 0.5) is 0 Å². The fourth-order valence-corrected chi connectivity index (χ4v) is 3.72. The highest BCUT2D eigenvalue weighted by Gasteiger charge is 2.15. The summed E-state index contributed by atoms with van der Waals surface area (Å²) in [5.74, 6) is 1.72. The van der Waals surface area contributed by atoms with Gasteiger partial charge in [-0.05, 0) is 48.4 Å². The number of nitrogens with one attached hydrogen (secondary N) is 1. The second-order valence-electron chi connectivity index (χ2n) is 6.45. The molecular formula is C22H23ClN4O2S. The summed E-state index contributed by atoms with van der Waals surface area (Å²) in [5, 5.41) is 12.9. The molecule has 1 aromatic heterocycles. The molecule has 0 aliphatic carbocycles. The molecule has 0 fully saturated rings. The number of halogens is 1. The van der Waals surface area contributed by atoms with Crippen LogP contribution in [0.3, 0.4) is 0 Å². The molecule has 3 aromatic rings. The van der Waals surface area contributed by atoms with Crippen LogP contribution in [0.1, 0.15) is 5.56 Å². The van der Waals surface area contributed by atoms with E-state index in [0.717, 1.165) is 29.1 Å². The van der Waals surface area contributed by atoms with Crippen molar-refractivity contribution >= 4 is 29.3 Å². The third-order valence-corrected chi connectivity index (χ3v) is 5.58. The maximum absolute atomic E-state index is 12.2. The number of nitrogens with zero attached hydrogens (tertiary/aromatic N) is 3. The highest BCUT2D eigenvalue weighted by molar-refractivity contribution is 7.99. The fraction of sp³-hybridized carbons (Fsp3) is 0.227. The van der Waals surface area contributed by atoms with Crippen LogP contribution in [0, 0.1) is 0 Å². The zero-order valence-corrected chi connectivity index (χ0v) is 18.2. The number of rotatable bonds is 10. The Morgan fingerprint density at radius 3 is 2.60 bits per heavy atom. The van der Waals surface area contributed by atoms with Crippen molar-refractivity contribution < 1.29 is 9.53 Å². The minimum absolute atomic E-state index is 0.0480. The lowest BCUT2D eigenvalue weighted by Gasteiger charge is -2.09. The molecule has 0 spiro atoms. The van der Waals surface area contributed by atoms with Gasteiger partial charge in [-0.15, -0.1) is 16.8 Å². The first kappa shape index (κ1) is 21.9. The van der Waals surface area contributed by atoms with E-state index in [-0.39, 0.29) is 11.7 Å². The molecule has 6 nitrogen and oxygen atoms in total. The van der Waals surface area contributed by atoms with Gasteiger partial charge in [0.15, 0.2) is 11.0 Å². The van der Waals surface area contributed by atoms with E-state index in [0.29, 0.717) is 23.3 Å². The number of ether oxygens (including phenoxy) is 1. The van der Waals surface area contributed by atoms with E-state index >= 15 is 0 Å². The summed E-state index contributed by atoms with van der Waals surface area (Å²) in [4.78, 5) is 12.2. The first-order valence-electron chi connectivity index (χ1n) is 9.43. The van der Waals surface area contributed by atoms with Crippen molar-refractivity contribution in [3.8, 4) is 17.1 Å². The summed E-state index contributed by atoms with van der Waals surface area (Å²) in [6, 6.07) is 15.2. The first-order chi connectivity index (χ1) is 14.6. The highest BCUT2D eigenvalue weighted by atomic mass is 35.5. The monoisotopic (exact) mass is 442 g/mol. The van der Waals surface area contributed by atoms with Crippen molar-refractivity contribution in [2.45, 2.75) is 18.1 Å². The van der Waals surface area contributed by atoms with Crippen molar-refractivity contribution in [3.63, 3.8) is 0 Å². The Morgan fingerprint density at radius 2 is 1.93 bits per heavy atom. The molecular weight excluding hydrogens is 420 g/mol. The number of hydrogen-bond acceptors (Lipinski definition) is 5. The standard InChI is InChI=1S/C22H23ClN4O2S/c1-3-14-27-21(17-6-10-19(29-2)11-7-17)25-26-22(27)30-15-20(28)24-13-12-16-4-8-18(23)9-5-16/h3-11H,1,12-15H2,2H3,(H,24,28). The smallest absolute Gasteiger partial charge is 0.230 e. The Hall–Kier alpha value is -2.77. The van der Waals surface area contributed by atoms with E-state index in [1.807, 2.05) is 53.1 Å². The number of carbonyl (C=O) groups is 1. The quantitative estimate of drug-likeness (QED) is 0.375. The highest BCUT2D eigenvalue weighted by Crippen LogP contribution is 2.25. The zero-order chi connectivity index (χ0) is 21.3. The van der Waals surface area contributed by atoms with Gasteiger partial charge >= 0.3 is 0 Å². The number of benzene rings is 2. The number of thioether (sulfide) groups is 1. The minimum Gasteiger partial charge on any atom is -0.497 e. The Bertz CT molecular complexity index is 987. The first-order valence-corrected chi connectivity index (χ1v) is 10.8. The van der Waals surface area contributed by atoms with E-state index in [9.17, 15) is 4.79 Å². The molecule has 0 radical (unpaired) electrons. The van der Waals surface area contributed by atoms with Gasteiger partial charge in [-0.2, -0.15) is 0 Å². The Morgan fingerprint density at radius 1 is 1.20 bits per heavy atom. The van der Waals surface area contributed by atoms with Crippen molar-refractivity contribution in [1.82, 2.24) is 20.1 Å². The molecule has 2 aromatic carbocycles. The lowest BCUT2D eigenvalue weighted by atomic mass is 10.1. The number of aromatic nitrogens is 3. The number of allylic oxidation sites excluding steroid dienone is 1. The van der Waals surface area contributed by atoms with Crippen molar-refractivity contribution in [3.05, 3.63) is 71.8 Å². The summed E-state index contributed by atoms with van der Waals surface area (Å²) in [6.07, 6.45) is 2.54. The van der Waals surface area contributed by atoms with Gasteiger partial charge in [-0.25, -0.2) is 0 Å². The summed E-state index contributed by atoms with van der Waals surface area (Å²) < 4.78 is 7.15. The predicted octanol–water partition coefficient (Wildman–Crippen LogP) is 4.24. The third-order valence-electron chi connectivity index (χ3n) is 4.36. The summed E-state index contributed by atoms with van der Waals surface area (Å²) in [5.41, 5.74) is 2.05. The van der Waals surface area contributed by atoms with Crippen LogP contribution in [-0.2, 0) is 17.8 Å². The van der Waals surface area contributed by atoms with Gasteiger partial charge in [0, 0.05) is 23.7 Å². The lowest BCUT2D eigenvalue weighted by Crippen LogP contribution is -2.27. The molecule has 1 N–H and O–H groups in total. The maximum atomic E-state index is 12.2. The van der Waals surface area contributed by atoms with E-state index in [1.165, 1.54) is 11.8 Å². The van der Waals surface area contributed by atoms with Crippen LogP contribution in [-0.4, -0.2) is 40.1 Å². The average molecular weight is 443 g/mol. The molecule has 1 heterocycles. The summed E-state index contributed by atoms with van der Waals surface area (Å²) in [6.45, 7) is 4.93. The van der Waals surface area contributed by atoms with Gasteiger partial charge in [0.25, 0.3) is 0 Å². The Labute approximate surface area is 185 Å². The van der Waals surface area contributed by atoms with Crippen LogP contribution in [0.25, 0.3) is 11.4 Å². The third kappa shape index (κ3) is 5.87. The van der Waals surface area contributed by atoms with Crippen LogP contribution in [0.2, 0.25) is 5.02 Å². The number of methoxy groups -OCH3 is 1. The van der Waals surface area contributed by atoms with Crippen molar-refractivity contribution in [2.24, 2.45) is 0 Å². The largest absolute Gasteiger partial charge is 0.497 e. The SMILES string of the molecule is C=CCn1c(SCC(=O)NCCc2ccc(Cl)cc2)nnc1-c1ccc(OC)cc1. The second-order valence-corrected chi connectivity index (χ2v) is 7.83. The molecule has 0 atom stereocenters. The van der Waals surface area contributed by atoms with Gasteiger partial charge in [-0.1, -0.05) is 41.6 Å². The topological polar surface area (TPSA) is 69.0 Å². The molecule has 1 amide bonds. The molecule has 0 aliphatic rings. The summed E-state index contributed by atoms with van der Waals surface area (Å²) >= 11 is 7.24. The minimum atomic E-state index is -0.0480. The zero-order valence-electron chi connectivity index (χ0n) is 16.7. The molecule has 0 saturated heterocycles. The molecule has 0 unspecified atom stereocenters. The molecule has 0 aliphatic heterocycles. The van der Waals surface area contributed by atoms with Crippen LogP contribution < -0.4 is 10.1 Å². The van der Waals surface area contributed by atoms with E-state index in [1.54, 1.807) is 13.2 Å². The molecule has 0 bridgehead atoms.